The molecule has 0 aliphatic heterocycles. The van der Waals surface area contributed by atoms with Crippen LogP contribution >= 0.6 is 0 Å². The second-order valence-electron chi connectivity index (χ2n) is 5.44. The van der Waals surface area contributed by atoms with Gasteiger partial charge in [0.25, 0.3) is 0 Å². The summed E-state index contributed by atoms with van der Waals surface area (Å²) in [6, 6.07) is 0.144. The molecule has 1 saturated carbocycles. The summed E-state index contributed by atoms with van der Waals surface area (Å²) < 4.78 is 22.0. The van der Waals surface area contributed by atoms with Crippen molar-refractivity contribution < 1.29 is 18.3 Å². The number of hydrogen-bond acceptors (Lipinski definition) is 4. The summed E-state index contributed by atoms with van der Waals surface area (Å²) in [4.78, 5) is 14.1. The molecule has 1 amide bonds. The topological polar surface area (TPSA) is 74.7 Å². The number of sulfone groups is 1. The number of nitrogens with zero attached hydrogens (tertiary/aromatic N) is 1. The molecule has 0 aromatic rings. The highest BCUT2D eigenvalue weighted by Gasteiger charge is 2.43. The quantitative estimate of drug-likeness (QED) is 0.770. The number of carbonyl (C=O) groups excluding carboxylic acids is 1. The first kappa shape index (κ1) is 15.4. The first-order chi connectivity index (χ1) is 8.21. The third kappa shape index (κ3) is 3.03. The van der Waals surface area contributed by atoms with E-state index in [9.17, 15) is 13.2 Å². The van der Waals surface area contributed by atoms with Crippen molar-refractivity contribution in [3.05, 3.63) is 0 Å². The molecule has 106 valence electrons. The van der Waals surface area contributed by atoms with Crippen LogP contribution in [-0.4, -0.2) is 54.5 Å². The van der Waals surface area contributed by atoms with Crippen LogP contribution in [0.5, 0.6) is 0 Å². The minimum Gasteiger partial charge on any atom is -0.396 e. The molecule has 0 radical (unpaired) electrons. The van der Waals surface area contributed by atoms with Crippen LogP contribution in [0.1, 0.15) is 39.5 Å². The summed E-state index contributed by atoms with van der Waals surface area (Å²) in [5.41, 5.74) is 0. The van der Waals surface area contributed by atoms with Gasteiger partial charge >= 0.3 is 0 Å². The Bertz CT molecular complexity index is 398. The standard InChI is InChI=1S/C12H23NO4S/c1-12(2,18(3,16)17)11(15)13(8-5-9-14)10-6-4-7-10/h10,14H,4-9H2,1-3H3. The van der Waals surface area contributed by atoms with Crippen LogP contribution in [0.25, 0.3) is 0 Å². The largest absolute Gasteiger partial charge is 0.396 e. The van der Waals surface area contributed by atoms with Crippen LogP contribution in [0.15, 0.2) is 0 Å². The van der Waals surface area contributed by atoms with Crippen molar-refractivity contribution in [1.82, 2.24) is 4.90 Å². The summed E-state index contributed by atoms with van der Waals surface area (Å²) in [7, 11) is -3.44. The van der Waals surface area contributed by atoms with Gasteiger partial charge in [0.05, 0.1) is 0 Å². The summed E-state index contributed by atoms with van der Waals surface area (Å²) in [6.07, 6.45) is 4.51. The van der Waals surface area contributed by atoms with E-state index in [1.54, 1.807) is 4.90 Å². The number of aliphatic hydroxyl groups excluding tert-OH is 1. The molecule has 1 aliphatic carbocycles. The Morgan fingerprint density at radius 2 is 1.94 bits per heavy atom. The maximum Gasteiger partial charge on any atom is 0.243 e. The fraction of sp³-hybridized carbons (Fsp3) is 0.917. The zero-order chi connectivity index (χ0) is 14.0. The average molecular weight is 277 g/mol. The van der Waals surface area contributed by atoms with Crippen LogP contribution in [0.3, 0.4) is 0 Å². The van der Waals surface area contributed by atoms with E-state index in [4.69, 9.17) is 5.11 Å². The second kappa shape index (κ2) is 5.57. The van der Waals surface area contributed by atoms with Crippen LogP contribution in [0.4, 0.5) is 0 Å². The van der Waals surface area contributed by atoms with Gasteiger partial charge in [0.15, 0.2) is 9.84 Å². The lowest BCUT2D eigenvalue weighted by molar-refractivity contribution is -0.137. The van der Waals surface area contributed by atoms with Crippen molar-refractivity contribution in [1.29, 1.82) is 0 Å². The van der Waals surface area contributed by atoms with Gasteiger partial charge in [-0.05, 0) is 39.5 Å². The lowest BCUT2D eigenvalue weighted by Gasteiger charge is -2.41. The molecule has 0 heterocycles. The van der Waals surface area contributed by atoms with E-state index in [0.29, 0.717) is 13.0 Å². The number of rotatable bonds is 6. The van der Waals surface area contributed by atoms with Crippen molar-refractivity contribution in [2.24, 2.45) is 0 Å². The maximum absolute atomic E-state index is 12.4. The Balaban J connectivity index is 2.87. The number of aliphatic hydroxyl groups is 1. The monoisotopic (exact) mass is 277 g/mol. The molecule has 1 rings (SSSR count). The molecule has 0 unspecified atom stereocenters. The maximum atomic E-state index is 12.4. The molecule has 5 nitrogen and oxygen atoms in total. The van der Waals surface area contributed by atoms with Gasteiger partial charge in [-0.1, -0.05) is 0 Å². The number of hydrogen-bond donors (Lipinski definition) is 1. The van der Waals surface area contributed by atoms with Crippen LogP contribution in [-0.2, 0) is 14.6 Å². The van der Waals surface area contributed by atoms with E-state index in [0.717, 1.165) is 25.5 Å². The van der Waals surface area contributed by atoms with Gasteiger partial charge in [0, 0.05) is 25.4 Å². The van der Waals surface area contributed by atoms with Gasteiger partial charge in [-0.15, -0.1) is 0 Å². The van der Waals surface area contributed by atoms with Crippen molar-refractivity contribution >= 4 is 15.7 Å². The molecule has 18 heavy (non-hydrogen) atoms. The van der Waals surface area contributed by atoms with E-state index >= 15 is 0 Å². The van der Waals surface area contributed by atoms with Crippen LogP contribution in [0.2, 0.25) is 0 Å². The van der Waals surface area contributed by atoms with E-state index < -0.39 is 14.6 Å². The van der Waals surface area contributed by atoms with Crippen molar-refractivity contribution in [2.75, 3.05) is 19.4 Å². The molecule has 0 bridgehead atoms. The molecule has 0 aromatic carbocycles. The number of amides is 1. The Morgan fingerprint density at radius 3 is 2.28 bits per heavy atom. The second-order valence-corrected chi connectivity index (χ2v) is 8.01. The predicted octanol–water partition coefficient (Wildman–Crippen LogP) is 0.573. The molecule has 0 atom stereocenters. The molecule has 0 spiro atoms. The fourth-order valence-corrected chi connectivity index (χ4v) is 2.33. The van der Waals surface area contributed by atoms with E-state index in [2.05, 4.69) is 0 Å². The molecular weight excluding hydrogens is 254 g/mol. The summed E-state index contributed by atoms with van der Waals surface area (Å²) in [5.74, 6) is -0.344. The Hall–Kier alpha value is -0.620. The number of carbonyl (C=O) groups is 1. The zero-order valence-corrected chi connectivity index (χ0v) is 12.2. The minimum absolute atomic E-state index is 0.00973. The summed E-state index contributed by atoms with van der Waals surface area (Å²) in [6.45, 7) is 3.35. The lowest BCUT2D eigenvalue weighted by Crippen LogP contribution is -2.55. The molecule has 0 aromatic heterocycles. The normalized spacial score (nSPS) is 17.3. The molecule has 1 aliphatic rings. The molecule has 6 heteroatoms. The SMILES string of the molecule is CC(C)(C(=O)N(CCCO)C1CCC1)S(C)(=O)=O. The van der Waals surface area contributed by atoms with Crippen molar-refractivity contribution in [3.63, 3.8) is 0 Å². The zero-order valence-electron chi connectivity index (χ0n) is 11.3. The van der Waals surface area contributed by atoms with Gasteiger partial charge < -0.3 is 10.0 Å². The van der Waals surface area contributed by atoms with Gasteiger partial charge in [-0.2, -0.15) is 0 Å². The third-order valence-corrected chi connectivity index (χ3v) is 5.80. The van der Waals surface area contributed by atoms with Gasteiger partial charge in [-0.25, -0.2) is 8.42 Å². The Kier molecular flexibility index (Phi) is 4.78. The first-order valence-electron chi connectivity index (χ1n) is 6.33. The van der Waals surface area contributed by atoms with Gasteiger partial charge in [-0.3, -0.25) is 4.79 Å². The highest BCUT2D eigenvalue weighted by Crippen LogP contribution is 2.29. The van der Waals surface area contributed by atoms with Crippen LogP contribution in [0, 0.1) is 0 Å². The molecule has 1 N–H and O–H groups in total. The molecular formula is C12H23NO4S. The highest BCUT2D eigenvalue weighted by molar-refractivity contribution is 7.92. The van der Waals surface area contributed by atoms with E-state index in [-0.39, 0.29) is 18.6 Å². The van der Waals surface area contributed by atoms with E-state index in [1.807, 2.05) is 0 Å². The van der Waals surface area contributed by atoms with Gasteiger partial charge in [0.1, 0.15) is 4.75 Å². The lowest BCUT2D eigenvalue weighted by atomic mass is 9.90. The Labute approximate surface area is 109 Å². The summed E-state index contributed by atoms with van der Waals surface area (Å²) in [5, 5.41) is 8.88. The van der Waals surface area contributed by atoms with E-state index in [1.165, 1.54) is 13.8 Å². The van der Waals surface area contributed by atoms with Crippen molar-refractivity contribution in [2.45, 2.75) is 50.3 Å². The van der Waals surface area contributed by atoms with Gasteiger partial charge in [0.2, 0.25) is 5.91 Å². The first-order valence-corrected chi connectivity index (χ1v) is 8.22. The minimum atomic E-state index is -3.44. The third-order valence-electron chi connectivity index (χ3n) is 3.78. The molecule has 0 saturated heterocycles. The smallest absolute Gasteiger partial charge is 0.243 e. The Morgan fingerprint density at radius 1 is 1.39 bits per heavy atom. The van der Waals surface area contributed by atoms with Crippen molar-refractivity contribution in [3.8, 4) is 0 Å². The highest BCUT2D eigenvalue weighted by atomic mass is 32.2. The molecule has 1 fully saturated rings. The summed E-state index contributed by atoms with van der Waals surface area (Å²) >= 11 is 0. The van der Waals surface area contributed by atoms with Crippen LogP contribution < -0.4 is 0 Å². The predicted molar refractivity (Wildman–Crippen MR) is 70.0 cm³/mol. The fourth-order valence-electron chi connectivity index (χ4n) is 1.89. The average Bonchev–Trinajstić information content (AvgIpc) is 2.18.